The fourth-order valence-corrected chi connectivity index (χ4v) is 1.93. The molecule has 70 valence electrons. The van der Waals surface area contributed by atoms with Gasteiger partial charge in [-0.25, -0.2) is 8.42 Å². The average molecular weight is 190 g/mol. The van der Waals surface area contributed by atoms with Crippen LogP contribution in [0, 0.1) is 0 Å². The van der Waals surface area contributed by atoms with Gasteiger partial charge in [0, 0.05) is 13.1 Å². The van der Waals surface area contributed by atoms with Gasteiger partial charge in [-0.15, -0.1) is 0 Å². The van der Waals surface area contributed by atoms with E-state index in [1.807, 2.05) is 4.90 Å². The molecule has 12 heavy (non-hydrogen) atoms. The summed E-state index contributed by atoms with van der Waals surface area (Å²) in [5.74, 6) is 0.620. The zero-order valence-corrected chi connectivity index (χ0v) is 8.26. The van der Waals surface area contributed by atoms with Crippen LogP contribution in [0.5, 0.6) is 0 Å². The summed E-state index contributed by atoms with van der Waals surface area (Å²) in [6.07, 6.45) is 3.39. The summed E-state index contributed by atoms with van der Waals surface area (Å²) in [6, 6.07) is 0. The fraction of sp³-hybridized carbons (Fsp3) is 0.857. The lowest BCUT2D eigenvalue weighted by atomic mass is 10.4. The van der Waals surface area contributed by atoms with Crippen molar-refractivity contribution < 1.29 is 8.42 Å². The van der Waals surface area contributed by atoms with Crippen LogP contribution in [0.25, 0.3) is 0 Å². The molecule has 0 aliphatic carbocycles. The predicted molar refractivity (Wildman–Crippen MR) is 48.8 cm³/mol. The largest absolute Gasteiger partial charge is 0.360 e. The topological polar surface area (TPSA) is 49.7 Å². The number of sulfonamides is 1. The maximum atomic E-state index is 10.8. The molecule has 0 aromatic heterocycles. The van der Waals surface area contributed by atoms with Crippen LogP contribution in [0.2, 0.25) is 0 Å². The van der Waals surface area contributed by atoms with Gasteiger partial charge in [-0.3, -0.25) is 0 Å². The van der Waals surface area contributed by atoms with Crippen LogP contribution < -0.4 is 0 Å². The van der Waals surface area contributed by atoms with E-state index < -0.39 is 10.0 Å². The van der Waals surface area contributed by atoms with Crippen molar-refractivity contribution in [3.05, 3.63) is 0 Å². The lowest BCUT2D eigenvalue weighted by Gasteiger charge is -2.15. The third-order valence-corrected chi connectivity index (χ3v) is 2.46. The molecular formula is C7H14N2O2S. The maximum Gasteiger partial charge on any atom is 0.251 e. The first-order chi connectivity index (χ1) is 5.49. The second kappa shape index (κ2) is 3.43. The Bertz CT molecular complexity index is 276. The van der Waals surface area contributed by atoms with Crippen molar-refractivity contribution in [3.63, 3.8) is 0 Å². The highest BCUT2D eigenvalue weighted by Crippen LogP contribution is 2.08. The zero-order valence-electron chi connectivity index (χ0n) is 7.45. The molecule has 0 spiro atoms. The van der Waals surface area contributed by atoms with E-state index in [9.17, 15) is 8.42 Å². The Morgan fingerprint density at radius 2 is 1.83 bits per heavy atom. The maximum absolute atomic E-state index is 10.8. The molecule has 1 heterocycles. The van der Waals surface area contributed by atoms with Crippen molar-refractivity contribution in [1.29, 1.82) is 0 Å². The first kappa shape index (κ1) is 9.51. The van der Waals surface area contributed by atoms with Crippen LogP contribution in [-0.4, -0.2) is 38.5 Å². The highest BCUT2D eigenvalue weighted by Gasteiger charge is 2.13. The predicted octanol–water partition coefficient (Wildman–Crippen LogP) is 0.460. The van der Waals surface area contributed by atoms with Crippen LogP contribution >= 0.6 is 0 Å². The molecule has 5 heteroatoms. The van der Waals surface area contributed by atoms with Crippen molar-refractivity contribution in [2.24, 2.45) is 4.40 Å². The van der Waals surface area contributed by atoms with Gasteiger partial charge in [0.15, 0.2) is 0 Å². The van der Waals surface area contributed by atoms with E-state index in [1.165, 1.54) is 0 Å². The van der Waals surface area contributed by atoms with Gasteiger partial charge in [-0.05, 0) is 19.8 Å². The summed E-state index contributed by atoms with van der Waals surface area (Å²) in [5.41, 5.74) is 0. The number of nitrogens with zero attached hydrogens (tertiary/aromatic N) is 2. The number of likely N-dealkylation sites (tertiary alicyclic amines) is 1. The summed E-state index contributed by atoms with van der Waals surface area (Å²) in [6.45, 7) is 3.61. The van der Waals surface area contributed by atoms with E-state index >= 15 is 0 Å². The molecule has 0 aromatic rings. The van der Waals surface area contributed by atoms with Gasteiger partial charge < -0.3 is 4.90 Å². The molecule has 1 fully saturated rings. The average Bonchev–Trinajstić information content (AvgIpc) is 2.32. The van der Waals surface area contributed by atoms with Crippen LogP contribution in [0.15, 0.2) is 4.40 Å². The van der Waals surface area contributed by atoms with Gasteiger partial charge >= 0.3 is 0 Å². The molecule has 1 aliphatic heterocycles. The second-order valence-electron chi connectivity index (χ2n) is 3.07. The minimum Gasteiger partial charge on any atom is -0.360 e. The summed E-state index contributed by atoms with van der Waals surface area (Å²) in [5, 5.41) is 0. The molecule has 0 unspecified atom stereocenters. The van der Waals surface area contributed by atoms with E-state index in [2.05, 4.69) is 4.40 Å². The molecule has 1 aliphatic rings. The van der Waals surface area contributed by atoms with Crippen molar-refractivity contribution in [1.82, 2.24) is 4.90 Å². The van der Waals surface area contributed by atoms with Crippen LogP contribution in [-0.2, 0) is 10.0 Å². The van der Waals surface area contributed by atoms with Crippen LogP contribution in [0.1, 0.15) is 19.8 Å². The molecular weight excluding hydrogens is 176 g/mol. The van der Waals surface area contributed by atoms with Gasteiger partial charge in [-0.2, -0.15) is 4.40 Å². The van der Waals surface area contributed by atoms with E-state index in [-0.39, 0.29) is 0 Å². The Morgan fingerprint density at radius 1 is 1.33 bits per heavy atom. The van der Waals surface area contributed by atoms with Crippen molar-refractivity contribution in [2.45, 2.75) is 19.8 Å². The first-order valence-corrected chi connectivity index (χ1v) is 5.85. The molecule has 0 N–H and O–H groups in total. The number of hydrogen-bond acceptors (Lipinski definition) is 2. The molecule has 0 radical (unpaired) electrons. The van der Waals surface area contributed by atoms with Gasteiger partial charge in [0.25, 0.3) is 10.0 Å². The summed E-state index contributed by atoms with van der Waals surface area (Å²) < 4.78 is 25.2. The second-order valence-corrected chi connectivity index (χ2v) is 4.71. The van der Waals surface area contributed by atoms with E-state index in [4.69, 9.17) is 0 Å². The van der Waals surface area contributed by atoms with E-state index in [1.54, 1.807) is 6.92 Å². The summed E-state index contributed by atoms with van der Waals surface area (Å²) in [7, 11) is -3.21. The van der Waals surface area contributed by atoms with Crippen molar-refractivity contribution in [2.75, 3.05) is 19.3 Å². The quantitative estimate of drug-likeness (QED) is 0.446. The Hall–Kier alpha value is -0.580. The SMILES string of the molecule is C/C(=N\S(C)(=O)=O)N1CCCC1. The van der Waals surface area contributed by atoms with Gasteiger partial charge in [0.05, 0.1) is 6.26 Å². The molecule has 0 bridgehead atoms. The summed E-state index contributed by atoms with van der Waals surface area (Å²) in [4.78, 5) is 2.00. The monoisotopic (exact) mass is 190 g/mol. The molecule has 0 atom stereocenters. The van der Waals surface area contributed by atoms with Gasteiger partial charge in [0.2, 0.25) is 0 Å². The normalized spacial score (nSPS) is 20.2. The third-order valence-electron chi connectivity index (χ3n) is 1.86. The zero-order chi connectivity index (χ0) is 9.19. The molecule has 0 saturated carbocycles. The van der Waals surface area contributed by atoms with Crippen molar-refractivity contribution in [3.8, 4) is 0 Å². The minimum atomic E-state index is -3.21. The molecule has 1 saturated heterocycles. The molecule has 0 aromatic carbocycles. The number of amidine groups is 1. The minimum absolute atomic E-state index is 0.620. The van der Waals surface area contributed by atoms with Crippen molar-refractivity contribution >= 4 is 15.9 Å². The van der Waals surface area contributed by atoms with Gasteiger partial charge in [-0.1, -0.05) is 0 Å². The van der Waals surface area contributed by atoms with Gasteiger partial charge in [0.1, 0.15) is 5.84 Å². The Balaban J connectivity index is 2.69. The highest BCUT2D eigenvalue weighted by molar-refractivity contribution is 7.89. The fourth-order valence-electron chi connectivity index (χ4n) is 1.34. The van der Waals surface area contributed by atoms with E-state index in [0.717, 1.165) is 32.2 Å². The third kappa shape index (κ3) is 2.81. The molecule has 1 rings (SSSR count). The highest BCUT2D eigenvalue weighted by atomic mass is 32.2. The lowest BCUT2D eigenvalue weighted by molar-refractivity contribution is 0.516. The lowest BCUT2D eigenvalue weighted by Crippen LogP contribution is -2.25. The molecule has 4 nitrogen and oxygen atoms in total. The van der Waals surface area contributed by atoms with Crippen LogP contribution in [0.4, 0.5) is 0 Å². The molecule has 0 amide bonds. The Labute approximate surface area is 73.3 Å². The smallest absolute Gasteiger partial charge is 0.251 e. The standard InChI is InChI=1S/C7H14N2O2S/c1-7(8-12(2,10)11)9-5-3-4-6-9/h3-6H2,1-2H3/b8-7+. The number of hydrogen-bond donors (Lipinski definition) is 0. The van der Waals surface area contributed by atoms with E-state index in [0.29, 0.717) is 5.84 Å². The van der Waals surface area contributed by atoms with Crippen LogP contribution in [0.3, 0.4) is 0 Å². The number of rotatable bonds is 1. The Kier molecular flexibility index (Phi) is 2.72. The first-order valence-electron chi connectivity index (χ1n) is 4.00. The Morgan fingerprint density at radius 3 is 2.25 bits per heavy atom. The summed E-state index contributed by atoms with van der Waals surface area (Å²) >= 11 is 0.